The maximum Gasteiger partial charge on any atom is 0.193 e. The predicted molar refractivity (Wildman–Crippen MR) is 104 cm³/mol. The number of anilines is 1. The molecule has 2 heterocycles. The molecular formula is C18H25BrN4O. The van der Waals surface area contributed by atoms with Gasteiger partial charge in [0.05, 0.1) is 18.8 Å². The zero-order valence-electron chi connectivity index (χ0n) is 13.7. The first kappa shape index (κ1) is 18.5. The Morgan fingerprint density at radius 1 is 1.12 bits per heavy atom. The van der Waals surface area contributed by atoms with Crippen molar-refractivity contribution in [2.45, 2.75) is 25.3 Å². The number of hydrogen-bond acceptors (Lipinski definition) is 3. The maximum atomic E-state index is 6.03. The Morgan fingerprint density at radius 2 is 1.88 bits per heavy atom. The first-order chi connectivity index (χ1) is 11.3. The summed E-state index contributed by atoms with van der Waals surface area (Å²) in [6.07, 6.45) is 5.50. The second kappa shape index (κ2) is 9.49. The number of halogens is 1. The van der Waals surface area contributed by atoms with Crippen LogP contribution in [0.5, 0.6) is 0 Å². The molecule has 3 rings (SSSR count). The van der Waals surface area contributed by atoms with Crippen LogP contribution in [0.3, 0.4) is 0 Å². The third-order valence-corrected chi connectivity index (χ3v) is 4.18. The van der Waals surface area contributed by atoms with E-state index < -0.39 is 0 Å². The number of furan rings is 1. The molecule has 0 spiro atoms. The summed E-state index contributed by atoms with van der Waals surface area (Å²) in [5.41, 5.74) is 6.97. The highest BCUT2D eigenvalue weighted by Crippen LogP contribution is 2.25. The molecule has 6 heteroatoms. The average Bonchev–Trinajstić information content (AvgIpc) is 3.11. The SMILES string of the molecule is Br.NC(=NCC(c1ccco1)N1CCCCC1)Nc1ccccc1. The van der Waals surface area contributed by atoms with Crippen LogP contribution < -0.4 is 11.1 Å². The molecule has 0 aliphatic carbocycles. The van der Waals surface area contributed by atoms with Crippen LogP contribution >= 0.6 is 17.0 Å². The largest absolute Gasteiger partial charge is 0.468 e. The molecule has 130 valence electrons. The molecule has 24 heavy (non-hydrogen) atoms. The minimum Gasteiger partial charge on any atom is -0.468 e. The summed E-state index contributed by atoms with van der Waals surface area (Å²) < 4.78 is 5.63. The van der Waals surface area contributed by atoms with Gasteiger partial charge in [-0.1, -0.05) is 24.6 Å². The van der Waals surface area contributed by atoms with E-state index in [0.717, 1.165) is 24.5 Å². The first-order valence-corrected chi connectivity index (χ1v) is 8.22. The van der Waals surface area contributed by atoms with E-state index in [1.54, 1.807) is 6.26 Å². The Hall–Kier alpha value is -1.79. The molecule has 1 fully saturated rings. The van der Waals surface area contributed by atoms with Gasteiger partial charge in [-0.2, -0.15) is 0 Å². The van der Waals surface area contributed by atoms with Crippen LogP contribution in [0, 0.1) is 0 Å². The summed E-state index contributed by atoms with van der Waals surface area (Å²) in [6.45, 7) is 2.78. The Balaban J connectivity index is 0.00000208. The summed E-state index contributed by atoms with van der Waals surface area (Å²) in [5, 5.41) is 3.12. The molecule has 1 aromatic heterocycles. The van der Waals surface area contributed by atoms with Crippen molar-refractivity contribution in [1.29, 1.82) is 0 Å². The van der Waals surface area contributed by atoms with Crippen molar-refractivity contribution in [1.82, 2.24) is 4.90 Å². The minimum absolute atomic E-state index is 0. The Morgan fingerprint density at radius 3 is 2.54 bits per heavy atom. The van der Waals surface area contributed by atoms with Crippen molar-refractivity contribution < 1.29 is 4.42 Å². The monoisotopic (exact) mass is 392 g/mol. The van der Waals surface area contributed by atoms with Gasteiger partial charge >= 0.3 is 0 Å². The van der Waals surface area contributed by atoms with Gasteiger partial charge in [-0.25, -0.2) is 0 Å². The fourth-order valence-electron chi connectivity index (χ4n) is 2.99. The van der Waals surface area contributed by atoms with E-state index >= 15 is 0 Å². The van der Waals surface area contributed by atoms with Crippen molar-refractivity contribution in [2.75, 3.05) is 25.0 Å². The van der Waals surface area contributed by atoms with Crippen LogP contribution in [-0.2, 0) is 0 Å². The lowest BCUT2D eigenvalue weighted by Gasteiger charge is -2.32. The van der Waals surface area contributed by atoms with Gasteiger partial charge in [0, 0.05) is 5.69 Å². The zero-order chi connectivity index (χ0) is 15.9. The van der Waals surface area contributed by atoms with Crippen LogP contribution in [-0.4, -0.2) is 30.5 Å². The average molecular weight is 393 g/mol. The van der Waals surface area contributed by atoms with Gasteiger partial charge < -0.3 is 15.5 Å². The van der Waals surface area contributed by atoms with Crippen LogP contribution in [0.4, 0.5) is 5.69 Å². The number of nitrogens with two attached hydrogens (primary N) is 1. The molecule has 1 unspecified atom stereocenters. The topological polar surface area (TPSA) is 66.8 Å². The number of likely N-dealkylation sites (tertiary alicyclic amines) is 1. The normalized spacial score (nSPS) is 17.1. The van der Waals surface area contributed by atoms with E-state index in [9.17, 15) is 0 Å². The highest BCUT2D eigenvalue weighted by molar-refractivity contribution is 8.93. The highest BCUT2D eigenvalue weighted by atomic mass is 79.9. The molecule has 1 aliphatic heterocycles. The zero-order valence-corrected chi connectivity index (χ0v) is 15.4. The van der Waals surface area contributed by atoms with Crippen LogP contribution in [0.25, 0.3) is 0 Å². The first-order valence-electron chi connectivity index (χ1n) is 8.22. The van der Waals surface area contributed by atoms with Gasteiger partial charge in [-0.15, -0.1) is 17.0 Å². The Bertz CT molecular complexity index is 609. The molecular weight excluding hydrogens is 368 g/mol. The number of nitrogens with zero attached hydrogens (tertiary/aromatic N) is 2. The van der Waals surface area contributed by atoms with Gasteiger partial charge in [-0.05, 0) is 50.2 Å². The van der Waals surface area contributed by atoms with E-state index in [0.29, 0.717) is 12.5 Å². The smallest absolute Gasteiger partial charge is 0.193 e. The Labute approximate surface area is 153 Å². The van der Waals surface area contributed by atoms with E-state index in [1.165, 1.54) is 19.3 Å². The standard InChI is InChI=1S/C18H24N4O.BrH/c19-18(21-15-8-3-1-4-9-15)20-14-16(17-10-7-13-23-17)22-11-5-2-6-12-22;/h1,3-4,7-10,13,16H,2,5-6,11-12,14H2,(H3,19,20,21);1H. The number of para-hydroxylation sites is 1. The van der Waals surface area contributed by atoms with Crippen molar-refractivity contribution in [3.63, 3.8) is 0 Å². The minimum atomic E-state index is 0. The number of nitrogens with one attached hydrogen (secondary N) is 1. The summed E-state index contributed by atoms with van der Waals surface area (Å²) in [5.74, 6) is 1.40. The van der Waals surface area contributed by atoms with E-state index in [1.807, 2.05) is 42.5 Å². The molecule has 1 aromatic carbocycles. The molecule has 1 saturated heterocycles. The number of hydrogen-bond donors (Lipinski definition) is 2. The van der Waals surface area contributed by atoms with E-state index in [4.69, 9.17) is 10.2 Å². The van der Waals surface area contributed by atoms with Crippen molar-refractivity contribution in [3.8, 4) is 0 Å². The van der Waals surface area contributed by atoms with Crippen LogP contribution in [0.15, 0.2) is 58.1 Å². The van der Waals surface area contributed by atoms with Crippen LogP contribution in [0.2, 0.25) is 0 Å². The molecule has 0 amide bonds. The second-order valence-corrected chi connectivity index (χ2v) is 5.84. The summed E-state index contributed by atoms with van der Waals surface area (Å²) in [7, 11) is 0. The van der Waals surface area contributed by atoms with Gasteiger partial charge in [0.2, 0.25) is 0 Å². The van der Waals surface area contributed by atoms with Crippen molar-refractivity contribution >= 4 is 28.6 Å². The lowest BCUT2D eigenvalue weighted by atomic mass is 10.1. The number of rotatable bonds is 5. The lowest BCUT2D eigenvalue weighted by Crippen LogP contribution is -2.36. The number of aliphatic imine (C=N–C) groups is 1. The molecule has 1 atom stereocenters. The summed E-state index contributed by atoms with van der Waals surface area (Å²) in [6, 6.07) is 14.0. The van der Waals surface area contributed by atoms with Gasteiger partial charge in [0.25, 0.3) is 0 Å². The van der Waals surface area contributed by atoms with E-state index in [2.05, 4.69) is 15.2 Å². The van der Waals surface area contributed by atoms with Crippen molar-refractivity contribution in [3.05, 3.63) is 54.5 Å². The predicted octanol–water partition coefficient (Wildman–Crippen LogP) is 3.81. The molecule has 0 saturated carbocycles. The quantitative estimate of drug-likeness (QED) is 0.599. The molecule has 1 aliphatic rings. The maximum absolute atomic E-state index is 6.03. The van der Waals surface area contributed by atoms with Crippen molar-refractivity contribution in [2.24, 2.45) is 10.7 Å². The van der Waals surface area contributed by atoms with Gasteiger partial charge in [-0.3, -0.25) is 9.89 Å². The fourth-order valence-corrected chi connectivity index (χ4v) is 2.99. The molecule has 0 radical (unpaired) electrons. The fraction of sp³-hybridized carbons (Fsp3) is 0.389. The summed E-state index contributed by atoms with van der Waals surface area (Å²) in [4.78, 5) is 6.98. The van der Waals surface area contributed by atoms with Crippen LogP contribution in [0.1, 0.15) is 31.1 Å². The molecule has 0 bridgehead atoms. The molecule has 2 aromatic rings. The second-order valence-electron chi connectivity index (χ2n) is 5.84. The van der Waals surface area contributed by atoms with Gasteiger partial charge in [0.15, 0.2) is 5.96 Å². The number of guanidine groups is 1. The third kappa shape index (κ3) is 5.11. The highest BCUT2D eigenvalue weighted by Gasteiger charge is 2.24. The Kier molecular flexibility index (Phi) is 7.34. The molecule has 5 nitrogen and oxygen atoms in total. The lowest BCUT2D eigenvalue weighted by molar-refractivity contribution is 0.150. The third-order valence-electron chi connectivity index (χ3n) is 4.18. The number of benzene rings is 1. The number of piperidine rings is 1. The molecule has 3 N–H and O–H groups in total. The van der Waals surface area contributed by atoms with E-state index in [-0.39, 0.29) is 23.0 Å². The van der Waals surface area contributed by atoms with Gasteiger partial charge in [0.1, 0.15) is 5.76 Å². The summed E-state index contributed by atoms with van der Waals surface area (Å²) >= 11 is 0.